The van der Waals surface area contributed by atoms with E-state index in [2.05, 4.69) is 10.6 Å². The number of likely N-dealkylation sites (tertiary alicyclic amines) is 1. The van der Waals surface area contributed by atoms with E-state index in [4.69, 9.17) is 10.8 Å². The number of carboxylic acid groups (broad SMARTS) is 1. The van der Waals surface area contributed by atoms with Gasteiger partial charge in [-0.2, -0.15) is 0 Å². The van der Waals surface area contributed by atoms with E-state index in [1.165, 1.54) is 0 Å². The van der Waals surface area contributed by atoms with Gasteiger partial charge in [0.15, 0.2) is 0 Å². The molecule has 1 rings (SSSR count). The SMILES string of the molecule is CC(=O)CN1CC[C@@H](NC(=O)NCCCC[C@@H](N)C(=O)O)C1. The fourth-order valence-electron chi connectivity index (χ4n) is 2.46. The maximum absolute atomic E-state index is 11.7. The molecular formula is C14H26N4O4. The Morgan fingerprint density at radius 2 is 2.09 bits per heavy atom. The number of ketones is 1. The number of hydrogen-bond acceptors (Lipinski definition) is 5. The average Bonchev–Trinajstić information content (AvgIpc) is 2.84. The molecule has 1 fully saturated rings. The number of aliphatic carboxylic acids is 1. The number of nitrogens with two attached hydrogens (primary N) is 1. The molecule has 0 aliphatic carbocycles. The molecule has 1 aliphatic rings. The van der Waals surface area contributed by atoms with Crippen molar-refractivity contribution >= 4 is 17.8 Å². The summed E-state index contributed by atoms with van der Waals surface area (Å²) in [6.45, 7) is 3.99. The first-order valence-electron chi connectivity index (χ1n) is 7.63. The molecule has 1 aliphatic heterocycles. The smallest absolute Gasteiger partial charge is 0.320 e. The van der Waals surface area contributed by atoms with E-state index < -0.39 is 12.0 Å². The van der Waals surface area contributed by atoms with Crippen LogP contribution >= 0.6 is 0 Å². The Kier molecular flexibility index (Phi) is 7.83. The lowest BCUT2D eigenvalue weighted by molar-refractivity contribution is -0.138. The number of carboxylic acids is 1. The molecular weight excluding hydrogens is 288 g/mol. The molecule has 0 spiro atoms. The zero-order chi connectivity index (χ0) is 16.5. The largest absolute Gasteiger partial charge is 0.480 e. The number of carbonyl (C=O) groups excluding carboxylic acids is 2. The third-order valence-electron chi connectivity index (χ3n) is 3.60. The highest BCUT2D eigenvalue weighted by atomic mass is 16.4. The van der Waals surface area contributed by atoms with Crippen LogP contribution in [0.3, 0.4) is 0 Å². The maximum atomic E-state index is 11.7. The molecule has 0 unspecified atom stereocenters. The lowest BCUT2D eigenvalue weighted by atomic mass is 10.1. The number of rotatable bonds is 9. The van der Waals surface area contributed by atoms with Gasteiger partial charge in [-0.15, -0.1) is 0 Å². The first kappa shape index (κ1) is 18.4. The summed E-state index contributed by atoms with van der Waals surface area (Å²) >= 11 is 0. The molecule has 126 valence electrons. The van der Waals surface area contributed by atoms with Crippen LogP contribution in [0, 0.1) is 0 Å². The van der Waals surface area contributed by atoms with Crippen molar-refractivity contribution in [2.75, 3.05) is 26.2 Å². The fraction of sp³-hybridized carbons (Fsp3) is 0.786. The Morgan fingerprint density at radius 3 is 2.73 bits per heavy atom. The van der Waals surface area contributed by atoms with E-state index in [0.717, 1.165) is 13.0 Å². The predicted molar refractivity (Wildman–Crippen MR) is 81.5 cm³/mol. The second-order valence-electron chi connectivity index (χ2n) is 5.76. The molecule has 0 aromatic rings. The van der Waals surface area contributed by atoms with E-state index in [1.807, 2.05) is 4.90 Å². The summed E-state index contributed by atoms with van der Waals surface area (Å²) in [5.74, 6) is -0.869. The maximum Gasteiger partial charge on any atom is 0.320 e. The van der Waals surface area contributed by atoms with Crippen LogP contribution in [0.4, 0.5) is 4.79 Å². The summed E-state index contributed by atoms with van der Waals surface area (Å²) < 4.78 is 0. The molecule has 0 aromatic heterocycles. The Morgan fingerprint density at radius 1 is 1.36 bits per heavy atom. The summed E-state index contributed by atoms with van der Waals surface area (Å²) in [5, 5.41) is 14.3. The summed E-state index contributed by atoms with van der Waals surface area (Å²) in [4.78, 5) is 35.3. The number of nitrogens with zero attached hydrogens (tertiary/aromatic N) is 1. The van der Waals surface area contributed by atoms with Gasteiger partial charge in [-0.25, -0.2) is 4.79 Å². The first-order valence-corrected chi connectivity index (χ1v) is 7.63. The number of unbranched alkanes of at least 4 members (excludes halogenated alkanes) is 1. The van der Waals surface area contributed by atoms with Crippen LogP contribution in [0.2, 0.25) is 0 Å². The Labute approximate surface area is 130 Å². The van der Waals surface area contributed by atoms with Crippen molar-refractivity contribution in [2.45, 2.75) is 44.7 Å². The Balaban J connectivity index is 2.07. The van der Waals surface area contributed by atoms with Gasteiger partial charge < -0.3 is 21.5 Å². The summed E-state index contributed by atoms with van der Waals surface area (Å²) in [6, 6.07) is -0.989. The van der Waals surface area contributed by atoms with Crippen molar-refractivity contribution in [1.82, 2.24) is 15.5 Å². The highest BCUT2D eigenvalue weighted by molar-refractivity contribution is 5.77. The minimum absolute atomic E-state index is 0.0692. The standard InChI is InChI=1S/C14H26N4O4/c1-10(19)8-18-7-5-11(9-18)17-14(22)16-6-3-2-4-12(15)13(20)21/h11-12H,2-9,15H2,1H3,(H,20,21)(H2,16,17,22)/t11-,12-/m1/s1. The fourth-order valence-corrected chi connectivity index (χ4v) is 2.46. The van der Waals surface area contributed by atoms with Crippen LogP contribution in [-0.2, 0) is 9.59 Å². The zero-order valence-electron chi connectivity index (χ0n) is 13.0. The molecule has 0 saturated carbocycles. The molecule has 2 atom stereocenters. The molecule has 0 radical (unpaired) electrons. The molecule has 2 amide bonds. The van der Waals surface area contributed by atoms with Gasteiger partial charge in [0.1, 0.15) is 11.8 Å². The lowest BCUT2D eigenvalue weighted by Crippen LogP contribution is -2.43. The van der Waals surface area contributed by atoms with Gasteiger partial charge in [-0.1, -0.05) is 0 Å². The number of amides is 2. The van der Waals surface area contributed by atoms with Gasteiger partial charge in [0.05, 0.1) is 6.54 Å². The number of Topliss-reactive ketones (excluding diaryl/α,β-unsaturated/α-hetero) is 1. The molecule has 5 N–H and O–H groups in total. The quantitative estimate of drug-likeness (QED) is 0.426. The van der Waals surface area contributed by atoms with Crippen LogP contribution in [0.5, 0.6) is 0 Å². The van der Waals surface area contributed by atoms with Crippen molar-refractivity contribution in [1.29, 1.82) is 0 Å². The van der Waals surface area contributed by atoms with E-state index in [-0.39, 0.29) is 17.9 Å². The van der Waals surface area contributed by atoms with Crippen LogP contribution < -0.4 is 16.4 Å². The number of urea groups is 1. The van der Waals surface area contributed by atoms with E-state index in [1.54, 1.807) is 6.92 Å². The monoisotopic (exact) mass is 314 g/mol. The normalized spacial score (nSPS) is 19.6. The van der Waals surface area contributed by atoms with Crippen molar-refractivity contribution in [3.8, 4) is 0 Å². The van der Waals surface area contributed by atoms with Gasteiger partial charge >= 0.3 is 12.0 Å². The first-order chi connectivity index (χ1) is 10.4. The van der Waals surface area contributed by atoms with Crippen molar-refractivity contribution in [2.24, 2.45) is 5.73 Å². The molecule has 8 heteroatoms. The number of nitrogens with one attached hydrogen (secondary N) is 2. The van der Waals surface area contributed by atoms with Crippen LogP contribution in [-0.4, -0.2) is 66.1 Å². The Bertz CT molecular complexity index is 402. The number of hydrogen-bond donors (Lipinski definition) is 4. The summed E-state index contributed by atoms with van der Waals surface area (Å²) in [5.41, 5.74) is 5.39. The van der Waals surface area contributed by atoms with E-state index in [9.17, 15) is 14.4 Å². The minimum atomic E-state index is -0.998. The Hall–Kier alpha value is -1.67. The molecule has 1 heterocycles. The minimum Gasteiger partial charge on any atom is -0.480 e. The van der Waals surface area contributed by atoms with Crippen LogP contribution in [0.15, 0.2) is 0 Å². The molecule has 1 saturated heterocycles. The third-order valence-corrected chi connectivity index (χ3v) is 3.60. The van der Waals surface area contributed by atoms with Gasteiger partial charge in [-0.3, -0.25) is 14.5 Å². The van der Waals surface area contributed by atoms with Crippen molar-refractivity contribution < 1.29 is 19.5 Å². The lowest BCUT2D eigenvalue weighted by Gasteiger charge is -2.15. The molecule has 0 aromatic carbocycles. The highest BCUT2D eigenvalue weighted by Gasteiger charge is 2.24. The van der Waals surface area contributed by atoms with Crippen LogP contribution in [0.25, 0.3) is 0 Å². The number of carbonyl (C=O) groups is 3. The second-order valence-corrected chi connectivity index (χ2v) is 5.76. The van der Waals surface area contributed by atoms with Gasteiger partial charge in [0.25, 0.3) is 0 Å². The molecule has 22 heavy (non-hydrogen) atoms. The van der Waals surface area contributed by atoms with Crippen molar-refractivity contribution in [3.63, 3.8) is 0 Å². The van der Waals surface area contributed by atoms with E-state index in [0.29, 0.717) is 38.9 Å². The van der Waals surface area contributed by atoms with Gasteiger partial charge in [-0.05, 0) is 32.6 Å². The van der Waals surface area contributed by atoms with Gasteiger partial charge in [0, 0.05) is 25.7 Å². The topological polar surface area (TPSA) is 125 Å². The summed E-state index contributed by atoms with van der Waals surface area (Å²) in [6.07, 6.45) is 2.59. The second kappa shape index (κ2) is 9.37. The predicted octanol–water partition coefficient (Wildman–Crippen LogP) is -0.469. The molecule has 8 nitrogen and oxygen atoms in total. The van der Waals surface area contributed by atoms with Crippen LogP contribution in [0.1, 0.15) is 32.6 Å². The molecule has 0 bridgehead atoms. The summed E-state index contributed by atoms with van der Waals surface area (Å²) in [7, 11) is 0. The van der Waals surface area contributed by atoms with Crippen molar-refractivity contribution in [3.05, 3.63) is 0 Å². The third kappa shape index (κ3) is 7.37. The average molecular weight is 314 g/mol. The zero-order valence-corrected chi connectivity index (χ0v) is 13.0. The van der Waals surface area contributed by atoms with E-state index >= 15 is 0 Å². The van der Waals surface area contributed by atoms with Gasteiger partial charge in [0.2, 0.25) is 0 Å². The highest BCUT2D eigenvalue weighted by Crippen LogP contribution is 2.08.